The number of carbonyl (C=O) groups is 1. The molecule has 0 spiro atoms. The molecule has 0 aliphatic rings. The molecule has 0 aliphatic heterocycles. The van der Waals surface area contributed by atoms with Crippen molar-refractivity contribution in [1.29, 1.82) is 0 Å². The van der Waals surface area contributed by atoms with Crippen LogP contribution in [0.5, 0.6) is 5.75 Å². The van der Waals surface area contributed by atoms with Gasteiger partial charge in [-0.25, -0.2) is 10.8 Å². The summed E-state index contributed by atoms with van der Waals surface area (Å²) in [5.41, 5.74) is 4.30. The molecule has 0 saturated carbocycles. The van der Waals surface area contributed by atoms with Gasteiger partial charge in [-0.3, -0.25) is 4.79 Å². The van der Waals surface area contributed by atoms with Crippen LogP contribution in [0.2, 0.25) is 0 Å². The average molecular weight is 286 g/mol. The maximum Gasteiger partial charge on any atom is 0.262 e. The minimum Gasteiger partial charge on any atom is -0.480 e. The minimum absolute atomic E-state index is 0.113. The summed E-state index contributed by atoms with van der Waals surface area (Å²) in [6, 6.07) is 11.1. The van der Waals surface area contributed by atoms with Crippen LogP contribution in [0.3, 0.4) is 0 Å². The van der Waals surface area contributed by atoms with Gasteiger partial charge in [0.2, 0.25) is 0 Å². The number of hydrogen-bond acceptors (Lipinski definition) is 5. The standard InChI is InChI=1S/C15H18N4O2/c1-2-11-6-3-4-7-12(11)18-14(20)10-21-13-8-5-9-17-15(13)19-16/h3-9H,2,10,16H2,1H3,(H,17,19)(H,18,20). The van der Waals surface area contributed by atoms with Crippen LogP contribution in [0.4, 0.5) is 11.5 Å². The Labute approximate surface area is 123 Å². The zero-order valence-electron chi connectivity index (χ0n) is 11.8. The molecule has 2 rings (SSSR count). The molecule has 0 atom stereocenters. The van der Waals surface area contributed by atoms with Crippen LogP contribution in [0.25, 0.3) is 0 Å². The lowest BCUT2D eigenvalue weighted by atomic mass is 10.1. The summed E-state index contributed by atoms with van der Waals surface area (Å²) in [7, 11) is 0. The van der Waals surface area contributed by atoms with Gasteiger partial charge in [-0.1, -0.05) is 25.1 Å². The number of hydrogen-bond donors (Lipinski definition) is 3. The van der Waals surface area contributed by atoms with E-state index in [1.165, 1.54) is 0 Å². The lowest BCUT2D eigenvalue weighted by Crippen LogP contribution is -2.21. The van der Waals surface area contributed by atoms with Gasteiger partial charge in [0, 0.05) is 11.9 Å². The molecule has 0 bridgehead atoms. The topological polar surface area (TPSA) is 89.3 Å². The van der Waals surface area contributed by atoms with Crippen LogP contribution < -0.4 is 21.3 Å². The van der Waals surface area contributed by atoms with Gasteiger partial charge in [0.25, 0.3) is 5.91 Å². The quantitative estimate of drug-likeness (QED) is 0.558. The smallest absolute Gasteiger partial charge is 0.262 e. The van der Waals surface area contributed by atoms with E-state index >= 15 is 0 Å². The second-order valence-corrected chi connectivity index (χ2v) is 4.34. The largest absolute Gasteiger partial charge is 0.480 e. The fourth-order valence-electron chi connectivity index (χ4n) is 1.90. The molecule has 2 aromatic rings. The SMILES string of the molecule is CCc1ccccc1NC(=O)COc1cccnc1NN. The molecule has 1 amide bonds. The summed E-state index contributed by atoms with van der Waals surface area (Å²) in [5, 5.41) is 2.83. The molecule has 0 aliphatic carbocycles. The van der Waals surface area contributed by atoms with E-state index in [4.69, 9.17) is 10.6 Å². The molecule has 0 radical (unpaired) electrons. The first-order chi connectivity index (χ1) is 10.2. The van der Waals surface area contributed by atoms with Gasteiger partial charge in [0.1, 0.15) is 0 Å². The number of ether oxygens (including phenoxy) is 1. The highest BCUT2D eigenvalue weighted by Gasteiger charge is 2.08. The monoisotopic (exact) mass is 286 g/mol. The third kappa shape index (κ3) is 3.93. The molecule has 1 aromatic carbocycles. The number of hydrazine groups is 1. The van der Waals surface area contributed by atoms with Crippen molar-refractivity contribution in [3.8, 4) is 5.75 Å². The first kappa shape index (κ1) is 14.8. The van der Waals surface area contributed by atoms with Gasteiger partial charge >= 0.3 is 0 Å². The van der Waals surface area contributed by atoms with Gasteiger partial charge in [-0.15, -0.1) is 0 Å². The van der Waals surface area contributed by atoms with Crippen LogP contribution in [0, 0.1) is 0 Å². The number of para-hydroxylation sites is 1. The number of carbonyl (C=O) groups excluding carboxylic acids is 1. The molecule has 1 heterocycles. The van der Waals surface area contributed by atoms with Crippen molar-refractivity contribution < 1.29 is 9.53 Å². The Bertz CT molecular complexity index is 616. The van der Waals surface area contributed by atoms with Gasteiger partial charge in [0.05, 0.1) is 0 Å². The number of nitrogen functional groups attached to an aromatic ring is 1. The van der Waals surface area contributed by atoms with Crippen molar-refractivity contribution in [3.05, 3.63) is 48.2 Å². The Morgan fingerprint density at radius 1 is 1.29 bits per heavy atom. The Kier molecular flexibility index (Phi) is 5.11. The van der Waals surface area contributed by atoms with E-state index in [9.17, 15) is 4.79 Å². The van der Waals surface area contributed by atoms with Crippen LogP contribution in [0.15, 0.2) is 42.6 Å². The third-order valence-electron chi connectivity index (χ3n) is 2.94. The molecule has 0 fully saturated rings. The van der Waals surface area contributed by atoms with E-state index in [2.05, 4.69) is 15.7 Å². The number of anilines is 2. The lowest BCUT2D eigenvalue weighted by Gasteiger charge is -2.11. The zero-order valence-corrected chi connectivity index (χ0v) is 11.8. The molecule has 0 unspecified atom stereocenters. The second kappa shape index (κ2) is 7.25. The number of amides is 1. The highest BCUT2D eigenvalue weighted by molar-refractivity contribution is 5.92. The van der Waals surface area contributed by atoms with Crippen molar-refractivity contribution >= 4 is 17.4 Å². The van der Waals surface area contributed by atoms with E-state index in [0.29, 0.717) is 11.6 Å². The number of rotatable bonds is 6. The first-order valence-electron chi connectivity index (χ1n) is 6.66. The van der Waals surface area contributed by atoms with Crippen LogP contribution in [-0.4, -0.2) is 17.5 Å². The number of nitrogens with one attached hydrogen (secondary N) is 2. The molecule has 0 saturated heterocycles. The number of aryl methyl sites for hydroxylation is 1. The maximum absolute atomic E-state index is 11.9. The predicted molar refractivity (Wildman–Crippen MR) is 82.0 cm³/mol. The molecule has 4 N–H and O–H groups in total. The number of nitrogens with zero attached hydrogens (tertiary/aromatic N) is 1. The number of pyridine rings is 1. The predicted octanol–water partition coefficient (Wildman–Crippen LogP) is 1.95. The molecule has 6 heteroatoms. The van der Waals surface area contributed by atoms with Crippen LogP contribution in [0.1, 0.15) is 12.5 Å². The van der Waals surface area contributed by atoms with Crippen molar-refractivity contribution in [2.24, 2.45) is 5.84 Å². The Morgan fingerprint density at radius 3 is 2.86 bits per heavy atom. The van der Waals surface area contributed by atoms with Gasteiger partial charge < -0.3 is 15.5 Å². The second-order valence-electron chi connectivity index (χ2n) is 4.34. The van der Waals surface area contributed by atoms with E-state index < -0.39 is 0 Å². The van der Waals surface area contributed by atoms with Gasteiger partial charge in [-0.05, 0) is 30.2 Å². The molecule has 21 heavy (non-hydrogen) atoms. The van der Waals surface area contributed by atoms with Crippen LogP contribution >= 0.6 is 0 Å². The fraction of sp³-hybridized carbons (Fsp3) is 0.200. The summed E-state index contributed by atoms with van der Waals surface area (Å²) in [4.78, 5) is 15.9. The summed E-state index contributed by atoms with van der Waals surface area (Å²) in [6.07, 6.45) is 2.43. The van der Waals surface area contributed by atoms with Crippen molar-refractivity contribution in [2.75, 3.05) is 17.3 Å². The van der Waals surface area contributed by atoms with Crippen molar-refractivity contribution in [2.45, 2.75) is 13.3 Å². The normalized spacial score (nSPS) is 10.0. The fourth-order valence-corrected chi connectivity index (χ4v) is 1.90. The summed E-state index contributed by atoms with van der Waals surface area (Å²) in [5.74, 6) is 5.91. The first-order valence-corrected chi connectivity index (χ1v) is 6.66. The minimum atomic E-state index is -0.234. The molecular formula is C15H18N4O2. The van der Waals surface area contributed by atoms with E-state index in [-0.39, 0.29) is 12.5 Å². The number of nitrogens with two attached hydrogens (primary N) is 1. The highest BCUT2D eigenvalue weighted by Crippen LogP contribution is 2.20. The Hall–Kier alpha value is -2.60. The van der Waals surface area contributed by atoms with E-state index in [1.807, 2.05) is 31.2 Å². The zero-order chi connectivity index (χ0) is 15.1. The van der Waals surface area contributed by atoms with Crippen LogP contribution in [-0.2, 0) is 11.2 Å². The molecular weight excluding hydrogens is 268 g/mol. The molecule has 110 valence electrons. The van der Waals surface area contributed by atoms with E-state index in [1.54, 1.807) is 18.3 Å². The highest BCUT2D eigenvalue weighted by atomic mass is 16.5. The Morgan fingerprint density at radius 2 is 2.10 bits per heavy atom. The lowest BCUT2D eigenvalue weighted by molar-refractivity contribution is -0.118. The average Bonchev–Trinajstić information content (AvgIpc) is 2.53. The Balaban J connectivity index is 1.96. The van der Waals surface area contributed by atoms with Gasteiger partial charge in [-0.2, -0.15) is 0 Å². The van der Waals surface area contributed by atoms with Crippen molar-refractivity contribution in [1.82, 2.24) is 4.98 Å². The number of aromatic nitrogens is 1. The number of benzene rings is 1. The third-order valence-corrected chi connectivity index (χ3v) is 2.94. The summed E-state index contributed by atoms with van der Waals surface area (Å²) < 4.78 is 5.42. The van der Waals surface area contributed by atoms with Gasteiger partial charge in [0.15, 0.2) is 18.2 Å². The molecule has 1 aromatic heterocycles. The van der Waals surface area contributed by atoms with Crippen molar-refractivity contribution in [3.63, 3.8) is 0 Å². The summed E-state index contributed by atoms with van der Waals surface area (Å²) in [6.45, 7) is 1.93. The van der Waals surface area contributed by atoms with E-state index in [0.717, 1.165) is 17.7 Å². The maximum atomic E-state index is 11.9. The molecule has 6 nitrogen and oxygen atoms in total. The summed E-state index contributed by atoms with van der Waals surface area (Å²) >= 11 is 0.